The Hall–Kier alpha value is -4.25. The summed E-state index contributed by atoms with van der Waals surface area (Å²) in [4.78, 5) is 22.9. The van der Waals surface area contributed by atoms with E-state index in [-0.39, 0.29) is 12.2 Å². The van der Waals surface area contributed by atoms with Crippen LogP contribution in [0.1, 0.15) is 17.0 Å². The average molecular weight is 493 g/mol. The lowest BCUT2D eigenvalue weighted by Crippen LogP contribution is -2.29. The van der Waals surface area contributed by atoms with E-state index in [0.29, 0.717) is 28.1 Å². The molecule has 9 nitrogen and oxygen atoms in total. The van der Waals surface area contributed by atoms with E-state index >= 15 is 0 Å². The second-order valence-electron chi connectivity index (χ2n) is 7.54. The number of nitro benzene ring substituents is 1. The van der Waals surface area contributed by atoms with Crippen molar-refractivity contribution in [1.82, 2.24) is 20.1 Å². The van der Waals surface area contributed by atoms with Crippen molar-refractivity contribution in [2.75, 3.05) is 5.32 Å². The second-order valence-corrected chi connectivity index (χ2v) is 8.48. The number of anilines is 1. The number of amides is 2. The van der Waals surface area contributed by atoms with Gasteiger partial charge in [-0.15, -0.1) is 10.2 Å². The van der Waals surface area contributed by atoms with Gasteiger partial charge < -0.3 is 10.6 Å². The predicted molar refractivity (Wildman–Crippen MR) is 131 cm³/mol. The fourth-order valence-electron chi connectivity index (χ4n) is 3.31. The fraction of sp³-hybridized carbons (Fsp3) is 0.125. The SMILES string of the molecule is Cc1ccccc1CSc1nnc(CNC(=O)Nc2cccc(F)c2)n1-c1ccc([N+](=O)[O-])cc1. The first-order valence-corrected chi connectivity index (χ1v) is 11.6. The number of rotatable bonds is 8. The Morgan fingerprint density at radius 3 is 2.57 bits per heavy atom. The van der Waals surface area contributed by atoms with Gasteiger partial charge in [-0.05, 0) is 48.4 Å². The Morgan fingerprint density at radius 2 is 1.86 bits per heavy atom. The molecule has 0 spiro atoms. The van der Waals surface area contributed by atoms with E-state index in [9.17, 15) is 19.3 Å². The van der Waals surface area contributed by atoms with Crippen molar-refractivity contribution in [3.63, 3.8) is 0 Å². The van der Waals surface area contributed by atoms with E-state index in [1.807, 2.05) is 31.2 Å². The smallest absolute Gasteiger partial charge is 0.319 e. The van der Waals surface area contributed by atoms with Crippen molar-refractivity contribution >= 4 is 29.2 Å². The molecule has 0 radical (unpaired) electrons. The lowest BCUT2D eigenvalue weighted by Gasteiger charge is -2.12. The number of hydrogen-bond donors (Lipinski definition) is 2. The topological polar surface area (TPSA) is 115 Å². The molecule has 178 valence electrons. The van der Waals surface area contributed by atoms with Crippen LogP contribution in [0.3, 0.4) is 0 Å². The summed E-state index contributed by atoms with van der Waals surface area (Å²) in [6.07, 6.45) is 0. The zero-order chi connectivity index (χ0) is 24.8. The first-order chi connectivity index (χ1) is 16.9. The van der Waals surface area contributed by atoms with Crippen LogP contribution in [0.15, 0.2) is 78.0 Å². The number of non-ortho nitro benzene ring substituents is 1. The Labute approximate surface area is 204 Å². The molecule has 0 saturated carbocycles. The van der Waals surface area contributed by atoms with Crippen molar-refractivity contribution in [2.45, 2.75) is 24.4 Å². The largest absolute Gasteiger partial charge is 0.331 e. The number of aromatic nitrogens is 3. The quantitative estimate of drug-likeness (QED) is 0.198. The molecule has 0 aliphatic rings. The predicted octanol–water partition coefficient (Wildman–Crippen LogP) is 5.24. The molecule has 0 unspecified atom stereocenters. The fourth-order valence-corrected chi connectivity index (χ4v) is 4.35. The van der Waals surface area contributed by atoms with Crippen LogP contribution in [-0.2, 0) is 12.3 Å². The molecule has 1 aromatic heterocycles. The van der Waals surface area contributed by atoms with Gasteiger partial charge in [0.2, 0.25) is 0 Å². The summed E-state index contributed by atoms with van der Waals surface area (Å²) in [5, 5.41) is 25.4. The van der Waals surface area contributed by atoms with E-state index in [1.54, 1.807) is 22.8 Å². The molecule has 0 bridgehead atoms. The van der Waals surface area contributed by atoms with Crippen LogP contribution in [-0.4, -0.2) is 25.7 Å². The van der Waals surface area contributed by atoms with Gasteiger partial charge in [-0.1, -0.05) is 42.1 Å². The molecule has 11 heteroatoms. The van der Waals surface area contributed by atoms with Crippen molar-refractivity contribution in [2.24, 2.45) is 0 Å². The highest BCUT2D eigenvalue weighted by Gasteiger charge is 2.17. The van der Waals surface area contributed by atoms with Crippen LogP contribution in [0, 0.1) is 22.9 Å². The minimum absolute atomic E-state index is 0.0239. The highest BCUT2D eigenvalue weighted by Crippen LogP contribution is 2.27. The molecule has 0 saturated heterocycles. The molecule has 35 heavy (non-hydrogen) atoms. The lowest BCUT2D eigenvalue weighted by atomic mass is 10.1. The molecule has 1 heterocycles. The molecule has 0 fully saturated rings. The maximum absolute atomic E-state index is 13.4. The number of carbonyl (C=O) groups excluding carboxylic acids is 1. The van der Waals surface area contributed by atoms with Crippen LogP contribution in [0.25, 0.3) is 5.69 Å². The summed E-state index contributed by atoms with van der Waals surface area (Å²) >= 11 is 1.46. The number of halogens is 1. The van der Waals surface area contributed by atoms with Crippen molar-refractivity contribution in [3.05, 3.63) is 106 Å². The number of carbonyl (C=O) groups is 1. The van der Waals surface area contributed by atoms with Gasteiger partial charge >= 0.3 is 6.03 Å². The summed E-state index contributed by atoms with van der Waals surface area (Å²) in [6, 6.07) is 19.0. The highest BCUT2D eigenvalue weighted by atomic mass is 32.2. The maximum atomic E-state index is 13.4. The first kappa shape index (κ1) is 23.9. The van der Waals surface area contributed by atoms with E-state index in [4.69, 9.17) is 0 Å². The summed E-state index contributed by atoms with van der Waals surface area (Å²) in [5.74, 6) is 0.613. The number of benzene rings is 3. The molecule has 4 aromatic rings. The third kappa shape index (κ3) is 6.01. The van der Waals surface area contributed by atoms with Gasteiger partial charge in [0, 0.05) is 29.3 Å². The van der Waals surface area contributed by atoms with E-state index in [0.717, 1.165) is 11.1 Å². The number of thioether (sulfide) groups is 1. The molecule has 0 atom stereocenters. The van der Waals surface area contributed by atoms with Crippen molar-refractivity contribution in [3.8, 4) is 5.69 Å². The lowest BCUT2D eigenvalue weighted by molar-refractivity contribution is -0.384. The van der Waals surface area contributed by atoms with E-state index in [2.05, 4.69) is 20.8 Å². The number of hydrogen-bond acceptors (Lipinski definition) is 6. The van der Waals surface area contributed by atoms with E-state index in [1.165, 1.54) is 42.1 Å². The number of aryl methyl sites for hydroxylation is 1. The molecule has 2 amide bonds. The van der Waals surface area contributed by atoms with Crippen molar-refractivity contribution < 1.29 is 14.1 Å². The highest BCUT2D eigenvalue weighted by molar-refractivity contribution is 7.98. The van der Waals surface area contributed by atoms with Gasteiger partial charge in [-0.25, -0.2) is 9.18 Å². The van der Waals surface area contributed by atoms with Gasteiger partial charge in [0.1, 0.15) is 5.82 Å². The maximum Gasteiger partial charge on any atom is 0.319 e. The van der Waals surface area contributed by atoms with Gasteiger partial charge in [0.25, 0.3) is 5.69 Å². The van der Waals surface area contributed by atoms with Crippen LogP contribution in [0.2, 0.25) is 0 Å². The third-order valence-corrected chi connectivity index (χ3v) is 6.10. The molecule has 3 aromatic carbocycles. The van der Waals surface area contributed by atoms with E-state index < -0.39 is 16.8 Å². The Morgan fingerprint density at radius 1 is 1.09 bits per heavy atom. The van der Waals surface area contributed by atoms with Crippen LogP contribution in [0.4, 0.5) is 20.6 Å². The summed E-state index contributed by atoms with van der Waals surface area (Å²) < 4.78 is 15.1. The molecule has 4 rings (SSSR count). The number of nitrogens with zero attached hydrogens (tertiary/aromatic N) is 4. The standard InChI is InChI=1S/C24H21FN6O3S/c1-16-5-2-3-6-17(16)15-35-24-29-28-22(30(24)20-9-11-21(12-10-20)31(33)34)14-26-23(32)27-19-8-4-7-18(25)13-19/h2-13H,14-15H2,1H3,(H2,26,27,32). The summed E-state index contributed by atoms with van der Waals surface area (Å²) in [7, 11) is 0. The van der Waals surface area contributed by atoms with Gasteiger partial charge in [-0.2, -0.15) is 0 Å². The van der Waals surface area contributed by atoms with Crippen molar-refractivity contribution in [1.29, 1.82) is 0 Å². The number of nitrogens with one attached hydrogen (secondary N) is 2. The van der Waals surface area contributed by atoms with Crippen LogP contribution in [0.5, 0.6) is 0 Å². The second kappa shape index (κ2) is 10.8. The molecular weight excluding hydrogens is 471 g/mol. The van der Waals surface area contributed by atoms with Crippen LogP contribution >= 0.6 is 11.8 Å². The Bertz CT molecular complexity index is 1360. The van der Waals surface area contributed by atoms with Crippen LogP contribution < -0.4 is 10.6 Å². The van der Waals surface area contributed by atoms with Gasteiger partial charge in [-0.3, -0.25) is 14.7 Å². The number of urea groups is 1. The first-order valence-electron chi connectivity index (χ1n) is 10.6. The summed E-state index contributed by atoms with van der Waals surface area (Å²) in [6.45, 7) is 2.06. The molecule has 0 aliphatic heterocycles. The average Bonchev–Trinajstić information content (AvgIpc) is 3.25. The third-order valence-electron chi connectivity index (χ3n) is 5.13. The normalized spacial score (nSPS) is 10.7. The Kier molecular flexibility index (Phi) is 7.36. The molecular formula is C24H21FN6O3S. The minimum atomic E-state index is -0.539. The monoisotopic (exact) mass is 492 g/mol. The Balaban J connectivity index is 1.55. The molecule has 2 N–H and O–H groups in total. The minimum Gasteiger partial charge on any atom is -0.331 e. The molecule has 0 aliphatic carbocycles. The number of nitro groups is 1. The zero-order valence-electron chi connectivity index (χ0n) is 18.6. The summed E-state index contributed by atoms with van der Waals surface area (Å²) in [5.41, 5.74) is 3.19. The van der Waals surface area contributed by atoms with Gasteiger partial charge in [0.05, 0.1) is 11.5 Å². The van der Waals surface area contributed by atoms with Gasteiger partial charge in [0.15, 0.2) is 11.0 Å². The zero-order valence-corrected chi connectivity index (χ0v) is 19.5.